The van der Waals surface area contributed by atoms with Gasteiger partial charge in [-0.25, -0.2) is 4.98 Å². The first-order valence-corrected chi connectivity index (χ1v) is 5.36. The number of nitrogens with zero attached hydrogens (tertiary/aromatic N) is 3. The van der Waals surface area contributed by atoms with Crippen molar-refractivity contribution in [1.29, 1.82) is 5.26 Å². The maximum absolute atomic E-state index is 8.71. The molecule has 0 saturated heterocycles. The average molecular weight is 248 g/mol. The number of imidazole rings is 1. The normalized spacial score (nSPS) is 9.94. The first kappa shape index (κ1) is 11.5. The monoisotopic (exact) mass is 247 g/mol. The van der Waals surface area contributed by atoms with Crippen LogP contribution in [-0.4, -0.2) is 9.55 Å². The third-order valence-electron chi connectivity index (χ3n) is 2.35. The van der Waals surface area contributed by atoms with Crippen molar-refractivity contribution in [3.05, 3.63) is 47.0 Å². The molecule has 1 aromatic heterocycles. The van der Waals surface area contributed by atoms with E-state index in [1.165, 1.54) is 0 Å². The second-order valence-corrected chi connectivity index (χ2v) is 3.95. The molecule has 0 fully saturated rings. The number of hydrogen-bond acceptors (Lipinski definition) is 3. The van der Waals surface area contributed by atoms with E-state index in [9.17, 15) is 0 Å². The summed E-state index contributed by atoms with van der Waals surface area (Å²) in [6.45, 7) is 0.391. The molecule has 0 spiro atoms. The Morgan fingerprint density at radius 3 is 2.94 bits per heavy atom. The van der Waals surface area contributed by atoms with Crippen LogP contribution in [0, 0.1) is 11.3 Å². The SMILES string of the molecule is Cn1cncc1COc1ccc(C#N)cc1Cl. The molecule has 4 nitrogen and oxygen atoms in total. The van der Waals surface area contributed by atoms with E-state index >= 15 is 0 Å². The molecule has 0 bridgehead atoms. The van der Waals surface area contributed by atoms with Crippen molar-refractivity contribution in [2.45, 2.75) is 6.61 Å². The minimum atomic E-state index is 0.391. The smallest absolute Gasteiger partial charge is 0.138 e. The molecule has 2 aromatic rings. The Morgan fingerprint density at radius 1 is 1.53 bits per heavy atom. The predicted molar refractivity (Wildman–Crippen MR) is 63.7 cm³/mol. The number of halogens is 1. The number of hydrogen-bond donors (Lipinski definition) is 0. The first-order valence-electron chi connectivity index (χ1n) is 4.98. The molecule has 0 aliphatic rings. The summed E-state index contributed by atoms with van der Waals surface area (Å²) >= 11 is 5.99. The molecule has 0 amide bonds. The zero-order valence-corrected chi connectivity index (χ0v) is 9.98. The first-order chi connectivity index (χ1) is 8.20. The van der Waals surface area contributed by atoms with Gasteiger partial charge in [0.05, 0.1) is 34.9 Å². The van der Waals surface area contributed by atoms with E-state index in [1.54, 1.807) is 30.7 Å². The summed E-state index contributed by atoms with van der Waals surface area (Å²) in [5, 5.41) is 9.14. The van der Waals surface area contributed by atoms with Gasteiger partial charge in [-0.1, -0.05) is 11.6 Å². The predicted octanol–water partition coefficient (Wildman–Crippen LogP) is 2.52. The van der Waals surface area contributed by atoms with Gasteiger partial charge in [-0.3, -0.25) is 0 Å². The van der Waals surface area contributed by atoms with Crippen molar-refractivity contribution in [3.63, 3.8) is 0 Å². The van der Waals surface area contributed by atoms with Gasteiger partial charge in [-0.2, -0.15) is 5.26 Å². The number of nitriles is 1. The lowest BCUT2D eigenvalue weighted by Gasteiger charge is -2.08. The van der Waals surface area contributed by atoms with Crippen LogP contribution < -0.4 is 4.74 Å². The molecule has 0 radical (unpaired) electrons. The van der Waals surface area contributed by atoms with Crippen molar-refractivity contribution in [2.24, 2.45) is 7.05 Å². The van der Waals surface area contributed by atoms with Gasteiger partial charge in [0.2, 0.25) is 0 Å². The number of benzene rings is 1. The quantitative estimate of drug-likeness (QED) is 0.838. The molecule has 0 N–H and O–H groups in total. The molecule has 0 unspecified atom stereocenters. The second kappa shape index (κ2) is 4.89. The summed E-state index contributed by atoms with van der Waals surface area (Å²) in [4.78, 5) is 3.99. The van der Waals surface area contributed by atoms with Crippen molar-refractivity contribution < 1.29 is 4.74 Å². The number of ether oxygens (including phenoxy) is 1. The van der Waals surface area contributed by atoms with E-state index in [2.05, 4.69) is 4.98 Å². The summed E-state index contributed by atoms with van der Waals surface area (Å²) in [7, 11) is 1.89. The summed E-state index contributed by atoms with van der Waals surface area (Å²) < 4.78 is 7.43. The van der Waals surface area contributed by atoms with Crippen LogP contribution in [0.5, 0.6) is 5.75 Å². The van der Waals surface area contributed by atoms with E-state index in [4.69, 9.17) is 21.6 Å². The third kappa shape index (κ3) is 2.58. The van der Waals surface area contributed by atoms with Gasteiger partial charge in [0.25, 0.3) is 0 Å². The lowest BCUT2D eigenvalue weighted by molar-refractivity contribution is 0.297. The zero-order valence-electron chi connectivity index (χ0n) is 9.22. The van der Waals surface area contributed by atoms with Crippen molar-refractivity contribution in [1.82, 2.24) is 9.55 Å². The Bertz CT molecular complexity index is 571. The van der Waals surface area contributed by atoms with E-state index in [0.29, 0.717) is 22.9 Å². The fourth-order valence-electron chi connectivity index (χ4n) is 1.36. The van der Waals surface area contributed by atoms with E-state index < -0.39 is 0 Å². The fourth-order valence-corrected chi connectivity index (χ4v) is 1.60. The van der Waals surface area contributed by atoms with Gasteiger partial charge in [0.1, 0.15) is 12.4 Å². The van der Waals surface area contributed by atoms with E-state index in [1.807, 2.05) is 17.7 Å². The minimum Gasteiger partial charge on any atom is -0.486 e. The maximum Gasteiger partial charge on any atom is 0.138 e. The number of rotatable bonds is 3. The topological polar surface area (TPSA) is 50.8 Å². The molecule has 86 valence electrons. The van der Waals surface area contributed by atoms with Crippen LogP contribution in [0.25, 0.3) is 0 Å². The van der Waals surface area contributed by atoms with Crippen molar-refractivity contribution >= 4 is 11.6 Å². The lowest BCUT2D eigenvalue weighted by Crippen LogP contribution is -2.01. The van der Waals surface area contributed by atoms with Crippen LogP contribution in [0.1, 0.15) is 11.3 Å². The Morgan fingerprint density at radius 2 is 2.35 bits per heavy atom. The Balaban J connectivity index is 2.10. The van der Waals surface area contributed by atoms with Gasteiger partial charge in [0, 0.05) is 7.05 Å². The molecule has 0 aliphatic carbocycles. The Kier molecular flexibility index (Phi) is 3.31. The van der Waals surface area contributed by atoms with Crippen LogP contribution in [-0.2, 0) is 13.7 Å². The summed E-state index contributed by atoms with van der Waals surface area (Å²) in [6.07, 6.45) is 3.44. The molecule has 0 saturated carbocycles. The molecule has 1 heterocycles. The number of aromatic nitrogens is 2. The van der Waals surface area contributed by atoms with Gasteiger partial charge in [0.15, 0.2) is 0 Å². The maximum atomic E-state index is 8.71. The largest absolute Gasteiger partial charge is 0.486 e. The third-order valence-corrected chi connectivity index (χ3v) is 2.65. The molecular weight excluding hydrogens is 238 g/mol. The van der Waals surface area contributed by atoms with Gasteiger partial charge < -0.3 is 9.30 Å². The van der Waals surface area contributed by atoms with Gasteiger partial charge >= 0.3 is 0 Å². The summed E-state index contributed by atoms with van der Waals surface area (Å²) in [5.74, 6) is 0.562. The van der Waals surface area contributed by atoms with Crippen LogP contribution in [0.2, 0.25) is 5.02 Å². The zero-order chi connectivity index (χ0) is 12.3. The fraction of sp³-hybridized carbons (Fsp3) is 0.167. The lowest BCUT2D eigenvalue weighted by atomic mass is 10.2. The molecule has 5 heteroatoms. The molecule has 0 atom stereocenters. The van der Waals surface area contributed by atoms with Crippen LogP contribution >= 0.6 is 11.6 Å². The molecular formula is C12H10ClN3O. The Hall–Kier alpha value is -1.99. The molecule has 2 rings (SSSR count). The van der Waals surface area contributed by atoms with E-state index in [0.717, 1.165) is 5.69 Å². The van der Waals surface area contributed by atoms with Crippen LogP contribution in [0.3, 0.4) is 0 Å². The van der Waals surface area contributed by atoms with Crippen molar-refractivity contribution in [2.75, 3.05) is 0 Å². The standard InChI is InChI=1S/C12H10ClN3O/c1-16-8-15-6-10(16)7-17-12-3-2-9(5-14)4-11(12)13/h2-4,6,8H,7H2,1H3. The average Bonchev–Trinajstić information content (AvgIpc) is 2.73. The highest BCUT2D eigenvalue weighted by atomic mass is 35.5. The highest BCUT2D eigenvalue weighted by Gasteiger charge is 2.05. The van der Waals surface area contributed by atoms with Crippen LogP contribution in [0.4, 0.5) is 0 Å². The Labute approximate surface area is 104 Å². The van der Waals surface area contributed by atoms with E-state index in [-0.39, 0.29) is 0 Å². The van der Waals surface area contributed by atoms with Crippen LogP contribution in [0.15, 0.2) is 30.7 Å². The molecule has 17 heavy (non-hydrogen) atoms. The van der Waals surface area contributed by atoms with Gasteiger partial charge in [-0.15, -0.1) is 0 Å². The van der Waals surface area contributed by atoms with Crippen molar-refractivity contribution in [3.8, 4) is 11.8 Å². The second-order valence-electron chi connectivity index (χ2n) is 3.54. The minimum absolute atomic E-state index is 0.391. The molecule has 0 aliphatic heterocycles. The highest BCUT2D eigenvalue weighted by molar-refractivity contribution is 6.32. The summed E-state index contributed by atoms with van der Waals surface area (Å²) in [6, 6.07) is 6.97. The molecule has 1 aromatic carbocycles. The highest BCUT2D eigenvalue weighted by Crippen LogP contribution is 2.25. The number of aryl methyl sites for hydroxylation is 1. The van der Waals surface area contributed by atoms with Gasteiger partial charge in [-0.05, 0) is 18.2 Å². The summed E-state index contributed by atoms with van der Waals surface area (Å²) in [5.41, 5.74) is 1.47.